The first-order valence-electron chi connectivity index (χ1n) is 11.0. The van der Waals surface area contributed by atoms with Crippen molar-refractivity contribution in [3.8, 4) is 5.75 Å². The van der Waals surface area contributed by atoms with Crippen LogP contribution >= 0.6 is 15.9 Å². The lowest BCUT2D eigenvalue weighted by Gasteiger charge is -2.31. The number of halogens is 1. The number of fused-ring (bicyclic) bond motifs is 1. The van der Waals surface area contributed by atoms with E-state index in [4.69, 9.17) is 4.74 Å². The van der Waals surface area contributed by atoms with Crippen molar-refractivity contribution < 1.29 is 14.3 Å². The number of carbonyl (C=O) groups is 2. The van der Waals surface area contributed by atoms with Crippen LogP contribution in [0.15, 0.2) is 65.1 Å². The molecule has 0 aromatic heterocycles. The van der Waals surface area contributed by atoms with E-state index in [1.165, 1.54) is 0 Å². The average molecular weight is 511 g/mol. The van der Waals surface area contributed by atoms with Crippen LogP contribution in [0.4, 0.5) is 0 Å². The maximum Gasteiger partial charge on any atom is 0.261 e. The Balaban J connectivity index is 1.80. The molecule has 0 bridgehead atoms. The van der Waals surface area contributed by atoms with E-state index in [9.17, 15) is 9.59 Å². The standard InChI is InChI=1S/C27H31BrN2O3/c1-18-10-12-20(13-11-18)16-30(19(2)26(32)29-27(3,4)5)24(31)17-33-23-15-14-21-8-6-7-9-22(21)25(23)28/h6-15,19H,16-17H2,1-5H3,(H,29,32)/t19-/m0/s1. The molecule has 1 N–H and O–H groups in total. The SMILES string of the molecule is Cc1ccc(CN(C(=O)COc2ccc3ccccc3c2Br)[C@@H](C)C(=O)NC(C)(C)C)cc1. The number of hydrogen-bond acceptors (Lipinski definition) is 3. The Morgan fingerprint density at radius 3 is 2.36 bits per heavy atom. The molecule has 0 radical (unpaired) electrons. The molecule has 0 heterocycles. The topological polar surface area (TPSA) is 58.6 Å². The molecule has 6 heteroatoms. The minimum Gasteiger partial charge on any atom is -0.483 e. The van der Waals surface area contributed by atoms with Crippen molar-refractivity contribution in [1.82, 2.24) is 10.2 Å². The molecule has 0 aliphatic carbocycles. The second-order valence-corrected chi connectivity index (χ2v) is 10.1. The molecule has 2 amide bonds. The monoisotopic (exact) mass is 510 g/mol. The normalized spacial score (nSPS) is 12.3. The number of amides is 2. The molecular weight excluding hydrogens is 480 g/mol. The van der Waals surface area contributed by atoms with Gasteiger partial charge in [0.2, 0.25) is 5.91 Å². The van der Waals surface area contributed by atoms with Crippen LogP contribution in [0.5, 0.6) is 5.75 Å². The number of nitrogens with one attached hydrogen (secondary N) is 1. The van der Waals surface area contributed by atoms with Gasteiger partial charge in [-0.25, -0.2) is 0 Å². The molecule has 1 atom stereocenters. The maximum absolute atomic E-state index is 13.3. The van der Waals surface area contributed by atoms with E-state index in [0.717, 1.165) is 26.4 Å². The molecule has 0 fully saturated rings. The lowest BCUT2D eigenvalue weighted by Crippen LogP contribution is -2.53. The maximum atomic E-state index is 13.3. The highest BCUT2D eigenvalue weighted by atomic mass is 79.9. The molecule has 5 nitrogen and oxygen atoms in total. The number of aryl methyl sites for hydroxylation is 1. The molecule has 0 aliphatic heterocycles. The van der Waals surface area contributed by atoms with E-state index in [2.05, 4.69) is 21.2 Å². The summed E-state index contributed by atoms with van der Waals surface area (Å²) in [5, 5.41) is 5.06. The third-order valence-electron chi connectivity index (χ3n) is 5.32. The molecule has 0 aliphatic rings. The molecule has 3 aromatic carbocycles. The predicted octanol–water partition coefficient (Wildman–Crippen LogP) is 5.62. The zero-order valence-corrected chi connectivity index (χ0v) is 21.4. The summed E-state index contributed by atoms with van der Waals surface area (Å²) >= 11 is 3.60. The summed E-state index contributed by atoms with van der Waals surface area (Å²) < 4.78 is 6.71. The van der Waals surface area contributed by atoms with Gasteiger partial charge in [0, 0.05) is 12.1 Å². The third-order valence-corrected chi connectivity index (χ3v) is 6.14. The first-order valence-corrected chi connectivity index (χ1v) is 11.8. The average Bonchev–Trinajstić information content (AvgIpc) is 2.76. The molecule has 0 spiro atoms. The van der Waals surface area contributed by atoms with Crippen molar-refractivity contribution in [3.05, 3.63) is 76.3 Å². The Morgan fingerprint density at radius 1 is 1.03 bits per heavy atom. The van der Waals surface area contributed by atoms with Crippen LogP contribution in [0.2, 0.25) is 0 Å². The van der Waals surface area contributed by atoms with Gasteiger partial charge < -0.3 is 15.0 Å². The van der Waals surface area contributed by atoms with E-state index >= 15 is 0 Å². The number of carbonyl (C=O) groups excluding carboxylic acids is 2. The molecule has 174 valence electrons. The summed E-state index contributed by atoms with van der Waals surface area (Å²) in [5.74, 6) is 0.131. The van der Waals surface area contributed by atoms with Crippen LogP contribution in [-0.4, -0.2) is 34.9 Å². The summed E-state index contributed by atoms with van der Waals surface area (Å²) in [6.45, 7) is 9.68. The van der Waals surface area contributed by atoms with Crippen molar-refractivity contribution in [1.29, 1.82) is 0 Å². The van der Waals surface area contributed by atoms with Crippen molar-refractivity contribution in [2.75, 3.05) is 6.61 Å². The van der Waals surface area contributed by atoms with Gasteiger partial charge in [-0.2, -0.15) is 0 Å². The highest BCUT2D eigenvalue weighted by Gasteiger charge is 2.28. The fourth-order valence-corrected chi connectivity index (χ4v) is 4.10. The molecule has 0 saturated heterocycles. The zero-order chi connectivity index (χ0) is 24.2. The number of ether oxygens (including phenoxy) is 1. The van der Waals surface area contributed by atoms with Crippen LogP contribution in [-0.2, 0) is 16.1 Å². The van der Waals surface area contributed by atoms with Gasteiger partial charge in [0.15, 0.2) is 6.61 Å². The van der Waals surface area contributed by atoms with Gasteiger partial charge in [0.25, 0.3) is 5.91 Å². The highest BCUT2D eigenvalue weighted by molar-refractivity contribution is 9.10. The Morgan fingerprint density at radius 2 is 1.70 bits per heavy atom. The number of benzene rings is 3. The lowest BCUT2D eigenvalue weighted by molar-refractivity contribution is -0.142. The van der Waals surface area contributed by atoms with Crippen LogP contribution in [0.3, 0.4) is 0 Å². The summed E-state index contributed by atoms with van der Waals surface area (Å²) in [5.41, 5.74) is 1.70. The lowest BCUT2D eigenvalue weighted by atomic mass is 10.1. The van der Waals surface area contributed by atoms with Crippen LogP contribution in [0.1, 0.15) is 38.8 Å². The molecule has 3 aromatic rings. The van der Waals surface area contributed by atoms with Gasteiger partial charge in [-0.15, -0.1) is 0 Å². The number of nitrogens with zero attached hydrogens (tertiary/aromatic N) is 1. The van der Waals surface area contributed by atoms with Crippen molar-refractivity contribution in [2.24, 2.45) is 0 Å². The Bertz CT molecular complexity index is 1140. The molecular formula is C27H31BrN2O3. The third kappa shape index (κ3) is 6.57. The Labute approximate surface area is 204 Å². The van der Waals surface area contributed by atoms with Gasteiger partial charge in [0.1, 0.15) is 11.8 Å². The summed E-state index contributed by atoms with van der Waals surface area (Å²) in [6, 6.07) is 19.1. The van der Waals surface area contributed by atoms with Gasteiger partial charge in [-0.3, -0.25) is 9.59 Å². The summed E-state index contributed by atoms with van der Waals surface area (Å²) in [4.78, 5) is 27.7. The highest BCUT2D eigenvalue weighted by Crippen LogP contribution is 2.33. The number of hydrogen-bond donors (Lipinski definition) is 1. The van der Waals surface area contributed by atoms with Crippen LogP contribution < -0.4 is 10.1 Å². The quantitative estimate of drug-likeness (QED) is 0.448. The number of rotatable bonds is 7. The molecule has 0 saturated carbocycles. The van der Waals surface area contributed by atoms with Crippen LogP contribution in [0, 0.1) is 6.92 Å². The van der Waals surface area contributed by atoms with Crippen molar-refractivity contribution in [2.45, 2.75) is 52.7 Å². The van der Waals surface area contributed by atoms with E-state index in [1.54, 1.807) is 11.8 Å². The largest absolute Gasteiger partial charge is 0.483 e. The molecule has 33 heavy (non-hydrogen) atoms. The Hall–Kier alpha value is -2.86. The minimum atomic E-state index is -0.651. The predicted molar refractivity (Wildman–Crippen MR) is 136 cm³/mol. The summed E-state index contributed by atoms with van der Waals surface area (Å²) in [6.07, 6.45) is 0. The Kier molecular flexibility index (Phi) is 7.80. The molecule has 3 rings (SSSR count). The summed E-state index contributed by atoms with van der Waals surface area (Å²) in [7, 11) is 0. The van der Waals surface area contributed by atoms with Gasteiger partial charge in [-0.1, -0.05) is 60.2 Å². The van der Waals surface area contributed by atoms with E-state index < -0.39 is 11.6 Å². The first kappa shape index (κ1) is 24.8. The van der Waals surface area contributed by atoms with Crippen molar-refractivity contribution >= 4 is 38.5 Å². The second kappa shape index (κ2) is 10.4. The second-order valence-electron chi connectivity index (χ2n) is 9.31. The van der Waals surface area contributed by atoms with Crippen LogP contribution in [0.25, 0.3) is 10.8 Å². The van der Waals surface area contributed by atoms with Crippen molar-refractivity contribution in [3.63, 3.8) is 0 Å². The van der Waals surface area contributed by atoms with E-state index in [-0.39, 0.29) is 18.4 Å². The zero-order valence-electron chi connectivity index (χ0n) is 19.8. The van der Waals surface area contributed by atoms with Gasteiger partial charge in [0.05, 0.1) is 4.47 Å². The van der Waals surface area contributed by atoms with Gasteiger partial charge >= 0.3 is 0 Å². The minimum absolute atomic E-state index is 0.171. The first-order chi connectivity index (χ1) is 15.5. The van der Waals surface area contributed by atoms with E-state index in [1.807, 2.05) is 88.4 Å². The van der Waals surface area contributed by atoms with E-state index in [0.29, 0.717) is 12.3 Å². The fourth-order valence-electron chi connectivity index (χ4n) is 3.49. The smallest absolute Gasteiger partial charge is 0.261 e. The fraction of sp³-hybridized carbons (Fsp3) is 0.333. The van der Waals surface area contributed by atoms with Gasteiger partial charge in [-0.05, 0) is 73.0 Å². The molecule has 0 unspecified atom stereocenters.